The second-order valence-electron chi connectivity index (χ2n) is 5.28. The molecule has 1 fully saturated rings. The van der Waals surface area contributed by atoms with Crippen LogP contribution in [-0.2, 0) is 18.3 Å². The lowest BCUT2D eigenvalue weighted by Gasteiger charge is -2.21. The zero-order valence-corrected chi connectivity index (χ0v) is 11.8. The molecule has 1 aliphatic heterocycles. The van der Waals surface area contributed by atoms with Crippen LogP contribution in [-0.4, -0.2) is 29.3 Å². The van der Waals surface area contributed by atoms with Gasteiger partial charge in [0, 0.05) is 26.0 Å². The van der Waals surface area contributed by atoms with E-state index in [1.165, 1.54) is 25.0 Å². The van der Waals surface area contributed by atoms with Gasteiger partial charge in [-0.05, 0) is 45.6 Å². The third kappa shape index (κ3) is 3.33. The molecule has 18 heavy (non-hydrogen) atoms. The van der Waals surface area contributed by atoms with Gasteiger partial charge in [-0.15, -0.1) is 0 Å². The smallest absolute Gasteiger partial charge is 0.122 e. The Morgan fingerprint density at radius 2 is 2.06 bits per heavy atom. The summed E-state index contributed by atoms with van der Waals surface area (Å²) in [5.41, 5.74) is 2.40. The first-order valence-corrected chi connectivity index (χ1v) is 6.95. The maximum absolute atomic E-state index is 5.37. The molecule has 102 valence electrons. The van der Waals surface area contributed by atoms with E-state index in [0.29, 0.717) is 0 Å². The van der Waals surface area contributed by atoms with Crippen LogP contribution in [0.25, 0.3) is 0 Å². The monoisotopic (exact) mass is 251 g/mol. The molecule has 1 saturated heterocycles. The summed E-state index contributed by atoms with van der Waals surface area (Å²) in [5, 5.41) is 3.51. The lowest BCUT2D eigenvalue weighted by Crippen LogP contribution is -2.23. The Morgan fingerprint density at radius 1 is 1.33 bits per heavy atom. The summed E-state index contributed by atoms with van der Waals surface area (Å²) in [7, 11) is 2.09. The van der Waals surface area contributed by atoms with Crippen LogP contribution in [0.3, 0.4) is 0 Å². The van der Waals surface area contributed by atoms with Crippen LogP contribution in [0.1, 0.15) is 36.5 Å². The molecule has 0 aromatic carbocycles. The van der Waals surface area contributed by atoms with Gasteiger partial charge in [-0.25, -0.2) is 4.98 Å². The van der Waals surface area contributed by atoms with Crippen LogP contribution in [0.15, 0.2) is 0 Å². The van der Waals surface area contributed by atoms with E-state index in [1.807, 2.05) is 0 Å². The van der Waals surface area contributed by atoms with Gasteiger partial charge in [-0.1, -0.05) is 0 Å². The normalized spacial score (nSPS) is 17.3. The van der Waals surface area contributed by atoms with Gasteiger partial charge in [-0.3, -0.25) is 0 Å². The molecule has 0 bridgehead atoms. The van der Waals surface area contributed by atoms with Crippen LogP contribution in [0, 0.1) is 19.8 Å². The molecule has 1 aromatic heterocycles. The summed E-state index contributed by atoms with van der Waals surface area (Å²) < 4.78 is 7.55. The van der Waals surface area contributed by atoms with Crippen molar-refractivity contribution in [2.45, 2.75) is 39.7 Å². The number of aromatic nitrogens is 2. The van der Waals surface area contributed by atoms with E-state index in [0.717, 1.165) is 43.7 Å². The topological polar surface area (TPSA) is 39.1 Å². The third-order valence-corrected chi connectivity index (χ3v) is 4.06. The molecule has 4 heteroatoms. The highest BCUT2D eigenvalue weighted by Crippen LogP contribution is 2.17. The van der Waals surface area contributed by atoms with Gasteiger partial charge in [0.25, 0.3) is 0 Å². The summed E-state index contributed by atoms with van der Waals surface area (Å²) in [6.07, 6.45) is 3.70. The Labute approximate surface area is 110 Å². The Morgan fingerprint density at radius 3 is 2.67 bits per heavy atom. The fraction of sp³-hybridized carbons (Fsp3) is 0.786. The van der Waals surface area contributed by atoms with Crippen molar-refractivity contribution in [3.05, 3.63) is 17.2 Å². The first kappa shape index (κ1) is 13.6. The number of rotatable bonds is 5. The van der Waals surface area contributed by atoms with Crippen molar-refractivity contribution in [3.63, 3.8) is 0 Å². The molecular weight excluding hydrogens is 226 g/mol. The predicted octanol–water partition coefficient (Wildman–Crippen LogP) is 1.94. The van der Waals surface area contributed by atoms with Gasteiger partial charge < -0.3 is 14.6 Å². The van der Waals surface area contributed by atoms with Crippen LogP contribution < -0.4 is 5.32 Å². The highest BCUT2D eigenvalue weighted by molar-refractivity contribution is 5.13. The largest absolute Gasteiger partial charge is 0.381 e. The van der Waals surface area contributed by atoms with Crippen molar-refractivity contribution in [1.82, 2.24) is 14.9 Å². The molecule has 0 unspecified atom stereocenters. The summed E-state index contributed by atoms with van der Waals surface area (Å²) in [4.78, 5) is 4.57. The van der Waals surface area contributed by atoms with Crippen molar-refractivity contribution in [1.29, 1.82) is 0 Å². The minimum atomic E-state index is 0.844. The number of aryl methyl sites for hydroxylation is 1. The van der Waals surface area contributed by atoms with Gasteiger partial charge in [0.2, 0.25) is 0 Å². The maximum atomic E-state index is 5.37. The summed E-state index contributed by atoms with van der Waals surface area (Å²) in [6, 6.07) is 0. The lowest BCUT2D eigenvalue weighted by atomic mass is 9.97. The summed E-state index contributed by atoms with van der Waals surface area (Å²) in [6.45, 7) is 8.03. The number of hydrogen-bond acceptors (Lipinski definition) is 3. The van der Waals surface area contributed by atoms with Crippen LogP contribution in [0.5, 0.6) is 0 Å². The molecule has 0 saturated carbocycles. The first-order chi connectivity index (χ1) is 8.68. The fourth-order valence-corrected chi connectivity index (χ4v) is 2.49. The predicted molar refractivity (Wildman–Crippen MR) is 72.5 cm³/mol. The molecular formula is C14H25N3O. The van der Waals surface area contributed by atoms with E-state index < -0.39 is 0 Å². The van der Waals surface area contributed by atoms with E-state index in [9.17, 15) is 0 Å². The lowest BCUT2D eigenvalue weighted by molar-refractivity contribution is 0.0639. The second kappa shape index (κ2) is 6.34. The standard InChI is InChI=1S/C14H25N3O/c1-11-12(2)17(3)14(16-11)10-15-7-4-13-5-8-18-9-6-13/h13,15H,4-10H2,1-3H3. The first-order valence-electron chi connectivity index (χ1n) is 6.95. The van der Waals surface area contributed by atoms with Crippen LogP contribution in [0.2, 0.25) is 0 Å². The molecule has 0 amide bonds. The van der Waals surface area contributed by atoms with Crippen LogP contribution in [0.4, 0.5) is 0 Å². The minimum Gasteiger partial charge on any atom is -0.381 e. The zero-order valence-electron chi connectivity index (χ0n) is 11.8. The maximum Gasteiger partial charge on any atom is 0.122 e. The van der Waals surface area contributed by atoms with E-state index in [1.54, 1.807) is 0 Å². The third-order valence-electron chi connectivity index (χ3n) is 4.06. The number of hydrogen-bond donors (Lipinski definition) is 1. The average Bonchev–Trinajstić information content (AvgIpc) is 2.64. The van der Waals surface area contributed by atoms with Gasteiger partial charge in [-0.2, -0.15) is 0 Å². The molecule has 2 rings (SSSR count). The van der Waals surface area contributed by atoms with Crippen molar-refractivity contribution >= 4 is 0 Å². The quantitative estimate of drug-likeness (QED) is 0.813. The van der Waals surface area contributed by atoms with Crippen LogP contribution >= 0.6 is 0 Å². The molecule has 1 aliphatic rings. The van der Waals surface area contributed by atoms with E-state index in [2.05, 4.69) is 35.8 Å². The number of nitrogens with zero attached hydrogens (tertiary/aromatic N) is 2. The van der Waals surface area contributed by atoms with Gasteiger partial charge in [0.15, 0.2) is 0 Å². The Kier molecular flexibility index (Phi) is 4.78. The van der Waals surface area contributed by atoms with E-state index >= 15 is 0 Å². The highest BCUT2D eigenvalue weighted by Gasteiger charge is 2.13. The summed E-state index contributed by atoms with van der Waals surface area (Å²) >= 11 is 0. The number of imidazole rings is 1. The molecule has 1 N–H and O–H groups in total. The van der Waals surface area contributed by atoms with Crippen molar-refractivity contribution in [2.24, 2.45) is 13.0 Å². The van der Waals surface area contributed by atoms with Crippen molar-refractivity contribution < 1.29 is 4.74 Å². The highest BCUT2D eigenvalue weighted by atomic mass is 16.5. The number of nitrogens with one attached hydrogen (secondary N) is 1. The minimum absolute atomic E-state index is 0.844. The molecule has 4 nitrogen and oxygen atoms in total. The SMILES string of the molecule is Cc1nc(CNCCC2CCOCC2)n(C)c1C. The summed E-state index contributed by atoms with van der Waals surface area (Å²) in [5.74, 6) is 1.98. The fourth-order valence-electron chi connectivity index (χ4n) is 2.49. The molecule has 0 aliphatic carbocycles. The number of ether oxygens (including phenoxy) is 1. The average molecular weight is 251 g/mol. The van der Waals surface area contributed by atoms with Crippen molar-refractivity contribution in [2.75, 3.05) is 19.8 Å². The van der Waals surface area contributed by atoms with Gasteiger partial charge >= 0.3 is 0 Å². The molecule has 0 spiro atoms. The van der Waals surface area contributed by atoms with Gasteiger partial charge in [0.05, 0.1) is 12.2 Å². The molecule has 1 aromatic rings. The Hall–Kier alpha value is -0.870. The Balaban J connectivity index is 1.70. The van der Waals surface area contributed by atoms with Crippen molar-refractivity contribution in [3.8, 4) is 0 Å². The van der Waals surface area contributed by atoms with E-state index in [-0.39, 0.29) is 0 Å². The molecule has 0 radical (unpaired) electrons. The van der Waals surface area contributed by atoms with E-state index in [4.69, 9.17) is 4.74 Å². The Bertz CT molecular complexity index is 381. The zero-order chi connectivity index (χ0) is 13.0. The second-order valence-corrected chi connectivity index (χ2v) is 5.28. The van der Waals surface area contributed by atoms with Gasteiger partial charge in [0.1, 0.15) is 5.82 Å². The molecule has 2 heterocycles. The molecule has 0 atom stereocenters.